The summed E-state index contributed by atoms with van der Waals surface area (Å²) in [7, 11) is 0. The lowest BCUT2D eigenvalue weighted by Crippen LogP contribution is -2.22. The maximum absolute atomic E-state index is 11.1. The van der Waals surface area contributed by atoms with E-state index < -0.39 is 5.97 Å². The summed E-state index contributed by atoms with van der Waals surface area (Å²) in [5, 5.41) is 9.07. The number of benzene rings is 1. The van der Waals surface area contributed by atoms with Gasteiger partial charge in [-0.1, -0.05) is 0 Å². The van der Waals surface area contributed by atoms with Crippen LogP contribution in [0, 0.1) is 5.92 Å². The number of nitrogens with two attached hydrogens (primary N) is 1. The van der Waals surface area contributed by atoms with Crippen molar-refractivity contribution in [1.82, 2.24) is 0 Å². The van der Waals surface area contributed by atoms with Crippen LogP contribution in [-0.2, 0) is 4.74 Å². The van der Waals surface area contributed by atoms with Gasteiger partial charge in [-0.25, -0.2) is 4.79 Å². The second-order valence-electron chi connectivity index (χ2n) is 4.43. The zero-order valence-corrected chi connectivity index (χ0v) is 10.1. The Hall–Kier alpha value is -1.75. The first-order chi connectivity index (χ1) is 8.66. The molecule has 1 fully saturated rings. The summed E-state index contributed by atoms with van der Waals surface area (Å²) in [5.41, 5.74) is 6.10. The number of anilines is 1. The molecule has 0 spiro atoms. The molecule has 18 heavy (non-hydrogen) atoms. The van der Waals surface area contributed by atoms with Crippen molar-refractivity contribution in [2.75, 3.05) is 25.6 Å². The van der Waals surface area contributed by atoms with Crippen LogP contribution in [0.1, 0.15) is 23.2 Å². The minimum Gasteiger partial charge on any atom is -0.492 e. The Morgan fingerprint density at radius 1 is 1.44 bits per heavy atom. The molecule has 1 aliphatic rings. The van der Waals surface area contributed by atoms with Crippen LogP contribution in [0.5, 0.6) is 5.75 Å². The second kappa shape index (κ2) is 5.73. The first kappa shape index (κ1) is 12.7. The summed E-state index contributed by atoms with van der Waals surface area (Å²) in [6.45, 7) is 2.02. The van der Waals surface area contributed by atoms with E-state index in [1.807, 2.05) is 0 Å². The molecule has 0 unspecified atom stereocenters. The Kier molecular flexibility index (Phi) is 4.04. The van der Waals surface area contributed by atoms with E-state index in [0.717, 1.165) is 26.1 Å². The van der Waals surface area contributed by atoms with Gasteiger partial charge in [0.25, 0.3) is 0 Å². The van der Waals surface area contributed by atoms with E-state index in [-0.39, 0.29) is 5.56 Å². The first-order valence-electron chi connectivity index (χ1n) is 6.00. The third kappa shape index (κ3) is 3.13. The molecule has 5 nitrogen and oxygen atoms in total. The van der Waals surface area contributed by atoms with Gasteiger partial charge in [-0.15, -0.1) is 0 Å². The quantitative estimate of drug-likeness (QED) is 0.797. The van der Waals surface area contributed by atoms with E-state index in [1.54, 1.807) is 12.1 Å². The average Bonchev–Trinajstić information content (AvgIpc) is 2.38. The Labute approximate surface area is 106 Å². The molecule has 1 aromatic rings. The van der Waals surface area contributed by atoms with E-state index in [2.05, 4.69) is 0 Å². The highest BCUT2D eigenvalue weighted by Crippen LogP contribution is 2.23. The Morgan fingerprint density at radius 2 is 2.17 bits per heavy atom. The van der Waals surface area contributed by atoms with Gasteiger partial charge >= 0.3 is 5.97 Å². The van der Waals surface area contributed by atoms with Crippen LogP contribution in [-0.4, -0.2) is 30.9 Å². The molecular formula is C13H17NO4. The minimum absolute atomic E-state index is 0.113. The van der Waals surface area contributed by atoms with Crippen molar-refractivity contribution >= 4 is 11.7 Å². The van der Waals surface area contributed by atoms with E-state index in [4.69, 9.17) is 20.3 Å². The molecule has 1 aromatic carbocycles. The maximum Gasteiger partial charge on any atom is 0.339 e. The average molecular weight is 251 g/mol. The highest BCUT2D eigenvalue weighted by molar-refractivity contribution is 5.92. The summed E-state index contributed by atoms with van der Waals surface area (Å²) in [6, 6.07) is 4.67. The number of carbonyl (C=O) groups is 1. The molecule has 98 valence electrons. The van der Waals surface area contributed by atoms with Gasteiger partial charge in [0, 0.05) is 18.9 Å². The SMILES string of the molecule is Nc1ccc(OCC2CCOCC2)c(C(=O)O)c1. The number of carboxylic acid groups (broad SMARTS) is 1. The molecule has 5 heteroatoms. The van der Waals surface area contributed by atoms with Crippen LogP contribution < -0.4 is 10.5 Å². The normalized spacial score (nSPS) is 16.4. The van der Waals surface area contributed by atoms with Gasteiger partial charge in [-0.3, -0.25) is 0 Å². The summed E-state index contributed by atoms with van der Waals surface area (Å²) in [5.74, 6) is -0.217. The van der Waals surface area contributed by atoms with E-state index in [9.17, 15) is 4.79 Å². The molecule has 1 heterocycles. The molecule has 0 saturated carbocycles. The number of ether oxygens (including phenoxy) is 2. The van der Waals surface area contributed by atoms with Crippen molar-refractivity contribution in [3.8, 4) is 5.75 Å². The highest BCUT2D eigenvalue weighted by Gasteiger charge is 2.17. The van der Waals surface area contributed by atoms with E-state index in [0.29, 0.717) is 24.0 Å². The molecule has 0 aliphatic carbocycles. The van der Waals surface area contributed by atoms with E-state index in [1.165, 1.54) is 6.07 Å². The number of aromatic carboxylic acids is 1. The topological polar surface area (TPSA) is 81.8 Å². The lowest BCUT2D eigenvalue weighted by molar-refractivity contribution is 0.0490. The van der Waals surface area contributed by atoms with Crippen molar-refractivity contribution in [2.45, 2.75) is 12.8 Å². The number of rotatable bonds is 4. The number of hydrogen-bond acceptors (Lipinski definition) is 4. The lowest BCUT2D eigenvalue weighted by atomic mass is 10.0. The van der Waals surface area contributed by atoms with Crippen molar-refractivity contribution in [3.05, 3.63) is 23.8 Å². The van der Waals surface area contributed by atoms with Crippen LogP contribution in [0.15, 0.2) is 18.2 Å². The molecular weight excluding hydrogens is 234 g/mol. The molecule has 0 bridgehead atoms. The smallest absolute Gasteiger partial charge is 0.339 e. The summed E-state index contributed by atoms with van der Waals surface area (Å²) >= 11 is 0. The predicted molar refractivity (Wildman–Crippen MR) is 66.9 cm³/mol. The Balaban J connectivity index is 2.01. The van der Waals surface area contributed by atoms with Crippen molar-refractivity contribution in [2.24, 2.45) is 5.92 Å². The minimum atomic E-state index is -1.02. The Bertz CT molecular complexity index is 427. The van der Waals surface area contributed by atoms with Crippen LogP contribution in [0.2, 0.25) is 0 Å². The zero-order chi connectivity index (χ0) is 13.0. The summed E-state index contributed by atoms with van der Waals surface area (Å²) < 4.78 is 10.9. The fraction of sp³-hybridized carbons (Fsp3) is 0.462. The summed E-state index contributed by atoms with van der Waals surface area (Å²) in [6.07, 6.45) is 1.91. The third-order valence-corrected chi connectivity index (χ3v) is 3.05. The van der Waals surface area contributed by atoms with Gasteiger partial charge in [-0.05, 0) is 37.0 Å². The molecule has 0 amide bonds. The molecule has 2 rings (SSSR count). The molecule has 0 aromatic heterocycles. The zero-order valence-electron chi connectivity index (χ0n) is 10.1. The maximum atomic E-state index is 11.1. The molecule has 1 saturated heterocycles. The predicted octanol–water partition coefficient (Wildman–Crippen LogP) is 1.77. The molecule has 1 aliphatic heterocycles. The fourth-order valence-corrected chi connectivity index (χ4v) is 1.96. The summed E-state index contributed by atoms with van der Waals surface area (Å²) in [4.78, 5) is 11.1. The van der Waals surface area contributed by atoms with Gasteiger partial charge in [0.1, 0.15) is 11.3 Å². The molecule has 0 atom stereocenters. The van der Waals surface area contributed by atoms with Crippen LogP contribution in [0.4, 0.5) is 5.69 Å². The van der Waals surface area contributed by atoms with Gasteiger partial charge in [0.05, 0.1) is 6.61 Å². The van der Waals surface area contributed by atoms with Crippen molar-refractivity contribution in [3.63, 3.8) is 0 Å². The fourth-order valence-electron chi connectivity index (χ4n) is 1.96. The van der Waals surface area contributed by atoms with E-state index >= 15 is 0 Å². The van der Waals surface area contributed by atoms with Gasteiger partial charge < -0.3 is 20.3 Å². The van der Waals surface area contributed by atoms with Gasteiger partial charge in [0.15, 0.2) is 0 Å². The van der Waals surface area contributed by atoms with Crippen LogP contribution >= 0.6 is 0 Å². The standard InChI is InChI=1S/C13H17NO4/c14-10-1-2-12(11(7-10)13(15)16)18-8-9-3-5-17-6-4-9/h1-2,7,9H,3-6,8,14H2,(H,15,16). The van der Waals surface area contributed by atoms with Crippen molar-refractivity contribution < 1.29 is 19.4 Å². The molecule has 0 radical (unpaired) electrons. The van der Waals surface area contributed by atoms with Crippen molar-refractivity contribution in [1.29, 1.82) is 0 Å². The third-order valence-electron chi connectivity index (χ3n) is 3.05. The number of carboxylic acids is 1. The van der Waals surface area contributed by atoms with Crippen LogP contribution in [0.25, 0.3) is 0 Å². The second-order valence-corrected chi connectivity index (χ2v) is 4.43. The number of nitrogen functional groups attached to an aromatic ring is 1. The number of hydrogen-bond donors (Lipinski definition) is 2. The monoisotopic (exact) mass is 251 g/mol. The molecule has 3 N–H and O–H groups in total. The van der Waals surface area contributed by atoms with Crippen LogP contribution in [0.3, 0.4) is 0 Å². The largest absolute Gasteiger partial charge is 0.492 e. The highest BCUT2D eigenvalue weighted by atomic mass is 16.5. The van der Waals surface area contributed by atoms with Gasteiger partial charge in [-0.2, -0.15) is 0 Å². The lowest BCUT2D eigenvalue weighted by Gasteiger charge is -2.22. The first-order valence-corrected chi connectivity index (χ1v) is 6.00. The Morgan fingerprint density at radius 3 is 2.83 bits per heavy atom. The van der Waals surface area contributed by atoms with Gasteiger partial charge in [0.2, 0.25) is 0 Å².